The van der Waals surface area contributed by atoms with Gasteiger partial charge in [0.1, 0.15) is 6.10 Å². The number of aliphatic hydroxyl groups excluding tert-OH is 2. The van der Waals surface area contributed by atoms with Crippen LogP contribution in [0.5, 0.6) is 0 Å². The quantitative estimate of drug-likeness (QED) is 0.545. The molecule has 0 unspecified atom stereocenters. The molecule has 0 aromatic carbocycles. The molecule has 0 radical (unpaired) electrons. The minimum absolute atomic E-state index is 0.261. The van der Waals surface area contributed by atoms with Crippen LogP contribution < -0.4 is 0 Å². The Morgan fingerprint density at radius 1 is 1.36 bits per heavy atom. The summed E-state index contributed by atoms with van der Waals surface area (Å²) >= 11 is 0. The fourth-order valence-corrected chi connectivity index (χ4v) is 1.16. The molecule has 1 aliphatic heterocycles. The molecular weight excluding hydrogens is 148 g/mol. The van der Waals surface area contributed by atoms with E-state index in [1.165, 1.54) is 7.11 Å². The fourth-order valence-electron chi connectivity index (χ4n) is 1.16. The minimum atomic E-state index is -0.716. The zero-order valence-corrected chi connectivity index (χ0v) is 6.73. The third-order valence-electron chi connectivity index (χ3n) is 1.92. The topological polar surface area (TPSA) is 58.9 Å². The summed E-state index contributed by atoms with van der Waals surface area (Å²) in [6, 6.07) is 0. The lowest BCUT2D eigenvalue weighted by atomic mass is 10.0. The molecule has 1 heterocycles. The van der Waals surface area contributed by atoms with Crippen LogP contribution >= 0.6 is 0 Å². The maximum absolute atomic E-state index is 9.25. The molecule has 1 aliphatic rings. The first kappa shape index (κ1) is 8.93. The highest BCUT2D eigenvalue weighted by atomic mass is 16.7. The van der Waals surface area contributed by atoms with Crippen LogP contribution in [-0.2, 0) is 9.47 Å². The Morgan fingerprint density at radius 2 is 2.00 bits per heavy atom. The van der Waals surface area contributed by atoms with E-state index < -0.39 is 18.5 Å². The lowest BCUT2D eigenvalue weighted by Gasteiger charge is -2.34. The van der Waals surface area contributed by atoms with E-state index in [1.807, 2.05) is 0 Å². The van der Waals surface area contributed by atoms with E-state index in [0.717, 1.165) is 0 Å². The van der Waals surface area contributed by atoms with Crippen molar-refractivity contribution in [3.63, 3.8) is 0 Å². The van der Waals surface area contributed by atoms with Crippen LogP contribution in [0, 0.1) is 0 Å². The Balaban J connectivity index is 2.48. The van der Waals surface area contributed by atoms with Crippen LogP contribution in [0.4, 0.5) is 0 Å². The summed E-state index contributed by atoms with van der Waals surface area (Å²) in [4.78, 5) is 0. The van der Waals surface area contributed by atoms with E-state index in [9.17, 15) is 10.2 Å². The van der Waals surface area contributed by atoms with Gasteiger partial charge in [0.2, 0.25) is 0 Å². The SMILES string of the molecule is CO[C@@H]1O[C@@H](C)[C@H](O)C[C@H]1O. The third-order valence-corrected chi connectivity index (χ3v) is 1.92. The zero-order valence-electron chi connectivity index (χ0n) is 6.73. The first-order valence-corrected chi connectivity index (χ1v) is 3.69. The summed E-state index contributed by atoms with van der Waals surface area (Å²) in [7, 11) is 1.47. The average molecular weight is 162 g/mol. The lowest BCUT2D eigenvalue weighted by molar-refractivity contribution is -0.251. The molecule has 0 spiro atoms. The molecule has 1 saturated heterocycles. The van der Waals surface area contributed by atoms with Gasteiger partial charge in [0.05, 0.1) is 12.2 Å². The van der Waals surface area contributed by atoms with Crippen molar-refractivity contribution in [2.45, 2.75) is 37.9 Å². The molecule has 0 aliphatic carbocycles. The molecule has 4 nitrogen and oxygen atoms in total. The van der Waals surface area contributed by atoms with Gasteiger partial charge in [-0.25, -0.2) is 0 Å². The van der Waals surface area contributed by atoms with Gasteiger partial charge in [0, 0.05) is 13.5 Å². The predicted molar refractivity (Wildman–Crippen MR) is 38.0 cm³/mol. The Labute approximate surface area is 65.7 Å². The number of hydrogen-bond acceptors (Lipinski definition) is 4. The smallest absolute Gasteiger partial charge is 0.183 e. The maximum Gasteiger partial charge on any atom is 0.183 e. The van der Waals surface area contributed by atoms with E-state index in [1.54, 1.807) is 6.92 Å². The van der Waals surface area contributed by atoms with Gasteiger partial charge in [0.15, 0.2) is 6.29 Å². The highest BCUT2D eigenvalue weighted by Gasteiger charge is 2.33. The number of methoxy groups -OCH3 is 1. The molecule has 4 heteroatoms. The average Bonchev–Trinajstić information content (AvgIpc) is 1.97. The molecule has 11 heavy (non-hydrogen) atoms. The Morgan fingerprint density at radius 3 is 2.55 bits per heavy atom. The van der Waals surface area contributed by atoms with Gasteiger partial charge in [0.25, 0.3) is 0 Å². The standard InChI is InChI=1S/C7H14O4/c1-4-5(8)3-6(9)7(10-2)11-4/h4-9H,3H2,1-2H3/t4-,5+,6+,7+/m0/s1. The van der Waals surface area contributed by atoms with Crippen molar-refractivity contribution in [1.29, 1.82) is 0 Å². The predicted octanol–water partition coefficient (Wildman–Crippen LogP) is -0.510. The normalized spacial score (nSPS) is 45.8. The van der Waals surface area contributed by atoms with Gasteiger partial charge in [-0.15, -0.1) is 0 Å². The van der Waals surface area contributed by atoms with Crippen molar-refractivity contribution in [3.8, 4) is 0 Å². The maximum atomic E-state index is 9.25. The van der Waals surface area contributed by atoms with Gasteiger partial charge in [-0.2, -0.15) is 0 Å². The largest absolute Gasteiger partial charge is 0.390 e. The van der Waals surface area contributed by atoms with Crippen molar-refractivity contribution >= 4 is 0 Å². The third kappa shape index (κ3) is 1.90. The van der Waals surface area contributed by atoms with Gasteiger partial charge >= 0.3 is 0 Å². The molecule has 66 valence electrons. The lowest BCUT2D eigenvalue weighted by Crippen LogP contribution is -2.46. The molecule has 0 amide bonds. The molecule has 0 aromatic heterocycles. The van der Waals surface area contributed by atoms with Crippen molar-refractivity contribution < 1.29 is 19.7 Å². The first-order valence-electron chi connectivity index (χ1n) is 3.69. The molecule has 1 fully saturated rings. The molecule has 4 atom stereocenters. The van der Waals surface area contributed by atoms with E-state index in [4.69, 9.17) is 9.47 Å². The molecule has 1 rings (SSSR count). The Hall–Kier alpha value is -0.160. The van der Waals surface area contributed by atoms with E-state index in [0.29, 0.717) is 6.42 Å². The van der Waals surface area contributed by atoms with Crippen LogP contribution in [0.2, 0.25) is 0 Å². The Kier molecular flexibility index (Phi) is 2.84. The van der Waals surface area contributed by atoms with Crippen LogP contribution in [0.25, 0.3) is 0 Å². The van der Waals surface area contributed by atoms with Gasteiger partial charge in [-0.05, 0) is 6.92 Å². The summed E-state index contributed by atoms with van der Waals surface area (Å²) < 4.78 is 9.98. The summed E-state index contributed by atoms with van der Waals surface area (Å²) in [5.74, 6) is 0. The van der Waals surface area contributed by atoms with E-state index in [2.05, 4.69) is 0 Å². The van der Waals surface area contributed by atoms with Gasteiger partial charge in [-0.1, -0.05) is 0 Å². The minimum Gasteiger partial charge on any atom is -0.390 e. The van der Waals surface area contributed by atoms with Crippen LogP contribution in [0.3, 0.4) is 0 Å². The van der Waals surface area contributed by atoms with Crippen LogP contribution in [-0.4, -0.2) is 41.9 Å². The molecule has 0 bridgehead atoms. The molecule has 2 N–H and O–H groups in total. The van der Waals surface area contributed by atoms with Crippen molar-refractivity contribution in [3.05, 3.63) is 0 Å². The van der Waals surface area contributed by atoms with Crippen LogP contribution in [0.1, 0.15) is 13.3 Å². The summed E-state index contributed by atoms with van der Waals surface area (Å²) in [6.07, 6.45) is -1.83. The van der Waals surface area contributed by atoms with E-state index in [-0.39, 0.29) is 6.10 Å². The van der Waals surface area contributed by atoms with E-state index >= 15 is 0 Å². The second kappa shape index (κ2) is 3.49. The van der Waals surface area contributed by atoms with Crippen molar-refractivity contribution in [2.24, 2.45) is 0 Å². The number of hydrogen-bond donors (Lipinski definition) is 2. The van der Waals surface area contributed by atoms with Gasteiger partial charge in [-0.3, -0.25) is 0 Å². The Bertz CT molecular complexity index is 128. The first-order chi connectivity index (χ1) is 5.15. The fraction of sp³-hybridized carbons (Fsp3) is 1.00. The number of rotatable bonds is 1. The number of aliphatic hydroxyl groups is 2. The van der Waals surface area contributed by atoms with Crippen LogP contribution in [0.15, 0.2) is 0 Å². The summed E-state index contributed by atoms with van der Waals surface area (Å²) in [6.45, 7) is 1.75. The molecule has 0 aromatic rings. The highest BCUT2D eigenvalue weighted by Crippen LogP contribution is 2.19. The van der Waals surface area contributed by atoms with Crippen molar-refractivity contribution in [1.82, 2.24) is 0 Å². The highest BCUT2D eigenvalue weighted by molar-refractivity contribution is 4.77. The van der Waals surface area contributed by atoms with Gasteiger partial charge < -0.3 is 19.7 Å². The summed E-state index contributed by atoms with van der Waals surface area (Å²) in [5, 5.41) is 18.5. The number of ether oxygens (including phenoxy) is 2. The second-order valence-electron chi connectivity index (χ2n) is 2.82. The van der Waals surface area contributed by atoms with Crippen molar-refractivity contribution in [2.75, 3.05) is 7.11 Å². The monoisotopic (exact) mass is 162 g/mol. The zero-order chi connectivity index (χ0) is 8.43. The summed E-state index contributed by atoms with van der Waals surface area (Å²) in [5.41, 5.74) is 0. The molecule has 0 saturated carbocycles. The second-order valence-corrected chi connectivity index (χ2v) is 2.82. The molecular formula is C7H14O4.